The van der Waals surface area contributed by atoms with E-state index in [-0.39, 0.29) is 11.3 Å². The van der Waals surface area contributed by atoms with Crippen LogP contribution in [0.4, 0.5) is 0 Å². The number of nitrogens with zero attached hydrogens (tertiary/aromatic N) is 4. The van der Waals surface area contributed by atoms with Crippen LogP contribution in [0, 0.1) is 6.92 Å². The van der Waals surface area contributed by atoms with Crippen LogP contribution in [0.1, 0.15) is 25.1 Å². The van der Waals surface area contributed by atoms with E-state index in [2.05, 4.69) is 31.2 Å². The Morgan fingerprint density at radius 3 is 2.64 bits per heavy atom. The minimum atomic E-state index is -0.300. The molecule has 25 heavy (non-hydrogen) atoms. The minimum Gasteiger partial charge on any atom is -0.490 e. The summed E-state index contributed by atoms with van der Waals surface area (Å²) in [7, 11) is 0. The van der Waals surface area contributed by atoms with Crippen molar-refractivity contribution in [2.45, 2.75) is 25.9 Å². The lowest BCUT2D eigenvalue weighted by molar-refractivity contribution is 0.286. The molecule has 0 saturated carbocycles. The van der Waals surface area contributed by atoms with Crippen molar-refractivity contribution in [1.82, 2.24) is 14.9 Å². The van der Waals surface area contributed by atoms with E-state index in [1.54, 1.807) is 13.1 Å². The third kappa shape index (κ3) is 4.60. The van der Waals surface area contributed by atoms with Gasteiger partial charge in [0.2, 0.25) is 5.16 Å². The minimum absolute atomic E-state index is 0.290. The fourth-order valence-corrected chi connectivity index (χ4v) is 3.01. The molecule has 0 unspecified atom stereocenters. The van der Waals surface area contributed by atoms with E-state index in [0.717, 1.165) is 10.0 Å². The van der Waals surface area contributed by atoms with E-state index in [1.165, 1.54) is 16.4 Å². The predicted octanol–water partition coefficient (Wildman–Crippen LogP) is 3.11. The average molecular weight is 427 g/mol. The molecule has 9 heteroatoms. The summed E-state index contributed by atoms with van der Waals surface area (Å²) in [6.45, 7) is 6.45. The molecule has 0 aliphatic rings. The predicted molar refractivity (Wildman–Crippen MR) is 102 cm³/mol. The zero-order chi connectivity index (χ0) is 18.4. The summed E-state index contributed by atoms with van der Waals surface area (Å²) < 4.78 is 13.2. The Balaban J connectivity index is 2.46. The number of aromatic nitrogens is 3. The van der Waals surface area contributed by atoms with Crippen molar-refractivity contribution in [2.75, 3.05) is 19.5 Å². The molecular formula is C16H19BrN4O3S. The van der Waals surface area contributed by atoms with Crippen molar-refractivity contribution in [1.29, 1.82) is 0 Å². The second-order valence-electron chi connectivity index (χ2n) is 4.83. The van der Waals surface area contributed by atoms with E-state index < -0.39 is 0 Å². The van der Waals surface area contributed by atoms with Gasteiger partial charge in [0.1, 0.15) is 5.69 Å². The molecule has 0 N–H and O–H groups in total. The summed E-state index contributed by atoms with van der Waals surface area (Å²) >= 11 is 4.79. The van der Waals surface area contributed by atoms with E-state index in [0.29, 0.717) is 29.9 Å². The quantitative estimate of drug-likeness (QED) is 0.499. The molecule has 7 nitrogen and oxygen atoms in total. The van der Waals surface area contributed by atoms with Gasteiger partial charge in [0.05, 0.1) is 23.9 Å². The number of rotatable bonds is 7. The summed E-state index contributed by atoms with van der Waals surface area (Å²) in [5.41, 5.74) is 0.746. The van der Waals surface area contributed by atoms with Crippen LogP contribution >= 0.6 is 27.7 Å². The van der Waals surface area contributed by atoms with Crippen molar-refractivity contribution < 1.29 is 9.47 Å². The maximum Gasteiger partial charge on any atom is 0.296 e. The van der Waals surface area contributed by atoms with Crippen LogP contribution < -0.4 is 15.0 Å². The Bertz CT molecular complexity index is 839. The summed E-state index contributed by atoms with van der Waals surface area (Å²) in [6, 6.07) is 3.66. The summed E-state index contributed by atoms with van der Waals surface area (Å²) in [5.74, 6) is 1.26. The number of halogens is 1. The van der Waals surface area contributed by atoms with Gasteiger partial charge in [0, 0.05) is 0 Å². The Morgan fingerprint density at radius 1 is 1.28 bits per heavy atom. The first kappa shape index (κ1) is 19.5. The van der Waals surface area contributed by atoms with E-state index in [9.17, 15) is 4.79 Å². The Hall–Kier alpha value is -1.87. The molecule has 0 fully saturated rings. The fourth-order valence-electron chi connectivity index (χ4n) is 2.01. The van der Waals surface area contributed by atoms with Gasteiger partial charge in [-0.05, 0) is 60.7 Å². The zero-order valence-electron chi connectivity index (χ0n) is 14.4. The van der Waals surface area contributed by atoms with Crippen LogP contribution in [0.2, 0.25) is 0 Å². The SMILES string of the molecule is CCOc1cc(/C=N\n2c(SC)nnc(C)c2=O)cc(Br)c1OCC. The highest BCUT2D eigenvalue weighted by Crippen LogP contribution is 2.36. The third-order valence-electron chi connectivity index (χ3n) is 3.09. The molecule has 0 aliphatic carbocycles. The average Bonchev–Trinajstić information content (AvgIpc) is 2.59. The van der Waals surface area contributed by atoms with Crippen LogP contribution in [0.25, 0.3) is 0 Å². The largest absolute Gasteiger partial charge is 0.490 e. The molecule has 2 rings (SSSR count). The number of hydrogen-bond donors (Lipinski definition) is 0. The van der Waals surface area contributed by atoms with Crippen LogP contribution in [-0.2, 0) is 0 Å². The van der Waals surface area contributed by atoms with Crippen LogP contribution in [0.5, 0.6) is 11.5 Å². The first-order valence-corrected chi connectivity index (χ1v) is 9.67. The first-order valence-electron chi connectivity index (χ1n) is 7.65. The molecule has 1 heterocycles. The Kier molecular flexibility index (Phi) is 7.01. The smallest absolute Gasteiger partial charge is 0.296 e. The maximum atomic E-state index is 12.2. The normalized spacial score (nSPS) is 11.1. The van der Waals surface area contributed by atoms with Crippen molar-refractivity contribution in [3.8, 4) is 11.5 Å². The lowest BCUT2D eigenvalue weighted by Gasteiger charge is -2.13. The molecule has 2 aromatic rings. The van der Waals surface area contributed by atoms with Crippen molar-refractivity contribution in [3.63, 3.8) is 0 Å². The van der Waals surface area contributed by atoms with Gasteiger partial charge in [0.25, 0.3) is 5.56 Å². The topological polar surface area (TPSA) is 78.6 Å². The van der Waals surface area contributed by atoms with E-state index in [1.807, 2.05) is 32.2 Å². The molecule has 134 valence electrons. The molecule has 0 aliphatic heterocycles. The van der Waals surface area contributed by atoms with Crippen molar-refractivity contribution in [3.05, 3.63) is 38.2 Å². The third-order valence-corrected chi connectivity index (χ3v) is 4.30. The number of benzene rings is 1. The van der Waals surface area contributed by atoms with Gasteiger partial charge in [-0.25, -0.2) is 0 Å². The van der Waals surface area contributed by atoms with Gasteiger partial charge in [-0.1, -0.05) is 11.8 Å². The van der Waals surface area contributed by atoms with Gasteiger partial charge >= 0.3 is 0 Å². The van der Waals surface area contributed by atoms with E-state index >= 15 is 0 Å². The number of thioether (sulfide) groups is 1. The first-order chi connectivity index (χ1) is 12.0. The molecule has 1 aromatic heterocycles. The zero-order valence-corrected chi connectivity index (χ0v) is 16.8. The summed E-state index contributed by atoms with van der Waals surface area (Å²) in [6.07, 6.45) is 3.39. The molecule has 0 saturated heterocycles. The summed E-state index contributed by atoms with van der Waals surface area (Å²) in [5, 5.41) is 12.5. The second kappa shape index (κ2) is 9.00. The van der Waals surface area contributed by atoms with Gasteiger partial charge in [-0.3, -0.25) is 4.79 Å². The lowest BCUT2D eigenvalue weighted by Crippen LogP contribution is -2.23. The number of ether oxygens (including phenoxy) is 2. The second-order valence-corrected chi connectivity index (χ2v) is 6.46. The molecule has 0 radical (unpaired) electrons. The molecular weight excluding hydrogens is 408 g/mol. The van der Waals surface area contributed by atoms with Gasteiger partial charge in [-0.15, -0.1) is 10.2 Å². The van der Waals surface area contributed by atoms with Gasteiger partial charge in [0.15, 0.2) is 11.5 Å². The molecule has 0 atom stereocenters. The maximum absolute atomic E-state index is 12.2. The number of aryl methyl sites for hydroxylation is 1. The van der Waals surface area contributed by atoms with Crippen molar-refractivity contribution >= 4 is 33.9 Å². The van der Waals surface area contributed by atoms with Crippen LogP contribution in [-0.4, -0.2) is 40.6 Å². The summed E-state index contributed by atoms with van der Waals surface area (Å²) in [4.78, 5) is 12.2. The van der Waals surface area contributed by atoms with Crippen LogP contribution in [0.15, 0.2) is 31.7 Å². The van der Waals surface area contributed by atoms with E-state index in [4.69, 9.17) is 9.47 Å². The highest BCUT2D eigenvalue weighted by molar-refractivity contribution is 9.10. The standard InChI is InChI=1S/C16H19BrN4O3S/c1-5-23-13-8-11(7-12(17)14(13)24-6-2)9-18-21-15(22)10(3)19-20-16(21)25-4/h7-9H,5-6H2,1-4H3/b18-9-. The van der Waals surface area contributed by atoms with Crippen LogP contribution in [0.3, 0.4) is 0 Å². The molecule has 0 amide bonds. The highest BCUT2D eigenvalue weighted by atomic mass is 79.9. The number of hydrogen-bond acceptors (Lipinski definition) is 7. The molecule has 0 bridgehead atoms. The molecule has 0 spiro atoms. The van der Waals surface area contributed by atoms with Gasteiger partial charge < -0.3 is 9.47 Å². The monoisotopic (exact) mass is 426 g/mol. The Labute approximate surface area is 158 Å². The molecule has 1 aromatic carbocycles. The highest BCUT2D eigenvalue weighted by Gasteiger charge is 2.12. The van der Waals surface area contributed by atoms with Crippen molar-refractivity contribution in [2.24, 2.45) is 5.10 Å². The Morgan fingerprint density at radius 2 is 2.00 bits per heavy atom. The lowest BCUT2D eigenvalue weighted by atomic mass is 10.2. The van der Waals surface area contributed by atoms with Gasteiger partial charge in [-0.2, -0.15) is 9.78 Å². The fraction of sp³-hybridized carbons (Fsp3) is 0.375.